The molecule has 0 aliphatic carbocycles. The van der Waals surface area contributed by atoms with Crippen molar-refractivity contribution in [1.82, 2.24) is 0 Å². The van der Waals surface area contributed by atoms with E-state index in [4.69, 9.17) is 15.3 Å². The maximum atomic E-state index is 10.5. The first-order valence-electron chi connectivity index (χ1n) is 11.1. The van der Waals surface area contributed by atoms with Crippen molar-refractivity contribution in [3.05, 3.63) is 118 Å². The summed E-state index contributed by atoms with van der Waals surface area (Å²) in [5, 5.41) is 13.6. The largest absolute Gasteiger partial charge is 0.412 e. The molecule has 0 amide bonds. The van der Waals surface area contributed by atoms with Crippen molar-refractivity contribution in [2.24, 2.45) is 0 Å². The van der Waals surface area contributed by atoms with E-state index >= 15 is 0 Å². The first-order chi connectivity index (χ1) is 18.4. The molecule has 4 rings (SSSR count). The summed E-state index contributed by atoms with van der Waals surface area (Å²) in [5.41, 5.74) is 1.97. The lowest BCUT2D eigenvalue weighted by atomic mass is 10.2. The van der Waals surface area contributed by atoms with Crippen LogP contribution in [-0.4, -0.2) is 34.6 Å². The Morgan fingerprint density at radius 2 is 0.974 bits per heavy atom. The summed E-state index contributed by atoms with van der Waals surface area (Å²) >= 11 is 11.3. The van der Waals surface area contributed by atoms with E-state index in [2.05, 4.69) is 97.9 Å². The van der Waals surface area contributed by atoms with Gasteiger partial charge in [-0.3, -0.25) is 4.79 Å². The van der Waals surface area contributed by atoms with Gasteiger partial charge in [-0.15, -0.1) is 33.6 Å². The van der Waals surface area contributed by atoms with Crippen LogP contribution in [0.2, 0.25) is 0 Å². The van der Waals surface area contributed by atoms with E-state index in [1.807, 2.05) is 24.3 Å². The zero-order valence-corrected chi connectivity index (χ0v) is 25.4. The second-order valence-corrected chi connectivity index (χ2v) is 11.7. The minimum absolute atomic E-state index is 0. The van der Waals surface area contributed by atoms with Crippen molar-refractivity contribution < 1.29 is 20.6 Å². The number of carbonyl (C=O) groups excluding carboxylic acids is 1. The van der Waals surface area contributed by atoms with E-state index in [9.17, 15) is 4.79 Å². The molecule has 0 fully saturated rings. The van der Waals surface area contributed by atoms with E-state index in [0.29, 0.717) is 5.56 Å². The van der Waals surface area contributed by atoms with Gasteiger partial charge in [0.2, 0.25) is 0 Å². The Kier molecular flexibility index (Phi) is 17.3. The van der Waals surface area contributed by atoms with Gasteiger partial charge < -0.3 is 10.7 Å². The van der Waals surface area contributed by atoms with E-state index in [-0.39, 0.29) is 5.48 Å². The predicted molar refractivity (Wildman–Crippen MR) is 168 cm³/mol. The van der Waals surface area contributed by atoms with Gasteiger partial charge in [-0.25, -0.2) is 0 Å². The normalized spacial score (nSPS) is 9.62. The lowest BCUT2D eigenvalue weighted by molar-refractivity contribution is -0.742. The molecule has 0 aliphatic heterocycles. The third kappa shape index (κ3) is 13.9. The summed E-state index contributed by atoms with van der Waals surface area (Å²) in [5.74, 6) is 0.799. The Morgan fingerprint density at radius 1 is 0.692 bits per heavy atom. The maximum Gasteiger partial charge on any atom is 0.291 e. The Bertz CT molecular complexity index is 1200. The Morgan fingerprint density at radius 3 is 1.26 bits per heavy atom. The van der Waals surface area contributed by atoms with Crippen LogP contribution < -0.4 is 0 Å². The average molecular weight is 620 g/mol. The molecule has 0 aliphatic rings. The zero-order valence-electron chi connectivity index (χ0n) is 21.2. The molecule has 0 radical (unpaired) electrons. The van der Waals surface area contributed by atoms with Crippen LogP contribution in [0.25, 0.3) is 0 Å². The minimum atomic E-state index is -1.50. The third-order valence-corrected chi connectivity index (χ3v) is 8.60. The molecule has 11 heteroatoms. The summed E-state index contributed by atoms with van der Waals surface area (Å²) in [7, 11) is 0. The molecule has 0 atom stereocenters. The highest BCUT2D eigenvalue weighted by atomic mass is 32.2. The fourth-order valence-corrected chi connectivity index (χ4v) is 5.50. The highest BCUT2D eigenvalue weighted by Gasteiger charge is 1.99. The van der Waals surface area contributed by atoms with Crippen LogP contribution in [0.1, 0.15) is 15.9 Å². The van der Waals surface area contributed by atoms with Gasteiger partial charge in [0.1, 0.15) is 6.29 Å². The Labute approximate surface area is 251 Å². The van der Waals surface area contributed by atoms with Gasteiger partial charge in [-0.2, -0.15) is 12.6 Å². The molecule has 39 heavy (non-hydrogen) atoms. The first kappa shape index (κ1) is 34.5. The van der Waals surface area contributed by atoms with E-state index in [0.717, 1.165) is 16.9 Å². The molecule has 0 saturated heterocycles. The number of thioether (sulfide) groups is 2. The SMILES string of the molecule is CSc1ccc(Sc2ccc(C=O)cc2)cc1.CSc1ccc(Sc2ccc(CS)cc2)cc1.O.O=[N+]([O-])O. The van der Waals surface area contributed by atoms with Crippen LogP contribution in [-0.2, 0) is 5.75 Å². The predicted octanol–water partition coefficient (Wildman–Crippen LogP) is 8.19. The number of aldehydes is 1. The summed E-state index contributed by atoms with van der Waals surface area (Å²) in [6.07, 6.45) is 5.03. The summed E-state index contributed by atoms with van der Waals surface area (Å²) in [6.45, 7) is 0. The molecule has 0 aromatic heterocycles. The van der Waals surface area contributed by atoms with Crippen LogP contribution in [0.3, 0.4) is 0 Å². The average Bonchev–Trinajstić information content (AvgIpc) is 2.95. The van der Waals surface area contributed by atoms with E-state index < -0.39 is 5.09 Å². The maximum absolute atomic E-state index is 10.5. The lowest BCUT2D eigenvalue weighted by Crippen LogP contribution is -1.81. The second kappa shape index (κ2) is 19.5. The lowest BCUT2D eigenvalue weighted by Gasteiger charge is -2.03. The fraction of sp³-hybridized carbons (Fsp3) is 0.107. The van der Waals surface area contributed by atoms with Crippen molar-refractivity contribution in [3.63, 3.8) is 0 Å². The zero-order chi connectivity index (χ0) is 27.8. The summed E-state index contributed by atoms with van der Waals surface area (Å²) < 4.78 is 0. The smallest absolute Gasteiger partial charge is 0.291 e. The molecule has 4 aromatic carbocycles. The van der Waals surface area contributed by atoms with E-state index in [1.54, 1.807) is 47.0 Å². The molecular weight excluding hydrogens is 591 g/mol. The highest BCUT2D eigenvalue weighted by Crippen LogP contribution is 2.30. The van der Waals surface area contributed by atoms with Gasteiger partial charge in [0, 0.05) is 40.7 Å². The molecule has 0 unspecified atom stereocenters. The summed E-state index contributed by atoms with van der Waals surface area (Å²) in [6, 6.07) is 33.3. The van der Waals surface area contributed by atoms with Crippen molar-refractivity contribution in [2.45, 2.75) is 35.1 Å². The Balaban J connectivity index is 0.000000336. The van der Waals surface area contributed by atoms with Gasteiger partial charge in [0.05, 0.1) is 0 Å². The molecule has 3 N–H and O–H groups in total. The number of rotatable bonds is 8. The van der Waals surface area contributed by atoms with Gasteiger partial charge in [-0.1, -0.05) is 47.8 Å². The Hall–Kier alpha value is -2.54. The number of thiol groups is 1. The standard InChI is InChI=1S/C14H12OS2.C14H14S3.HNO3.H2O/c2*1-16-12-6-8-14(9-7-12)17-13-4-2-11(10-15)3-5-13;2-1(3)4;/h2-10H,1H3;2-9,15H,10H2,1H3;(H,2,3,4);1H2. The monoisotopic (exact) mass is 619 g/mol. The van der Waals surface area contributed by atoms with E-state index in [1.165, 1.54) is 30.0 Å². The number of benzene rings is 4. The molecular formula is C28H29NO5S5. The van der Waals surface area contributed by atoms with Crippen LogP contribution in [0.15, 0.2) is 126 Å². The van der Waals surface area contributed by atoms with Gasteiger partial charge in [0.15, 0.2) is 0 Å². The van der Waals surface area contributed by atoms with Gasteiger partial charge in [0.25, 0.3) is 5.09 Å². The number of hydrogen-bond acceptors (Lipinski definition) is 8. The van der Waals surface area contributed by atoms with Crippen LogP contribution in [0.4, 0.5) is 0 Å². The fourth-order valence-electron chi connectivity index (χ4n) is 2.84. The quantitative estimate of drug-likeness (QED) is 0.0668. The molecule has 0 heterocycles. The number of hydrogen-bond donors (Lipinski definition) is 2. The molecule has 206 valence electrons. The third-order valence-electron chi connectivity index (χ3n) is 4.71. The van der Waals surface area contributed by atoms with Crippen molar-refractivity contribution in [1.29, 1.82) is 0 Å². The van der Waals surface area contributed by atoms with Crippen LogP contribution in [0, 0.1) is 10.1 Å². The molecule has 0 saturated carbocycles. The van der Waals surface area contributed by atoms with Gasteiger partial charge in [-0.05, 0) is 90.9 Å². The van der Waals surface area contributed by atoms with Crippen molar-refractivity contribution in [2.75, 3.05) is 12.5 Å². The molecule has 6 nitrogen and oxygen atoms in total. The second-order valence-electron chi connectivity index (χ2n) is 7.28. The molecule has 0 spiro atoms. The van der Waals surface area contributed by atoms with Crippen molar-refractivity contribution in [3.8, 4) is 0 Å². The van der Waals surface area contributed by atoms with Crippen molar-refractivity contribution >= 4 is 66.0 Å². The number of nitrogens with zero attached hydrogens (tertiary/aromatic N) is 1. The minimum Gasteiger partial charge on any atom is -0.412 e. The van der Waals surface area contributed by atoms with Gasteiger partial charge >= 0.3 is 0 Å². The molecule has 0 bridgehead atoms. The number of carbonyl (C=O) groups is 1. The van der Waals surface area contributed by atoms with Crippen LogP contribution in [0.5, 0.6) is 0 Å². The molecule has 4 aromatic rings. The van der Waals surface area contributed by atoms with Crippen LogP contribution >= 0.6 is 59.7 Å². The summed E-state index contributed by atoms with van der Waals surface area (Å²) in [4.78, 5) is 26.4. The topological polar surface area (TPSA) is 112 Å². The first-order valence-corrected chi connectivity index (χ1v) is 15.8. The highest BCUT2D eigenvalue weighted by molar-refractivity contribution is 8.00.